The van der Waals surface area contributed by atoms with E-state index in [4.69, 9.17) is 17.5 Å². The smallest absolute Gasteiger partial charge is 0.759 e. The zero-order valence-corrected chi connectivity index (χ0v) is 10.5. The average Bonchev–Trinajstić information content (AvgIpc) is 2.03. The van der Waals surface area contributed by atoms with Crippen molar-refractivity contribution in [1.29, 1.82) is 0 Å². The van der Waals surface area contributed by atoms with Crippen LogP contribution in [-0.4, -0.2) is 22.4 Å². The fraction of sp³-hybridized carbons (Fsp3) is 0. The van der Waals surface area contributed by atoms with E-state index in [0.29, 0.717) is 0 Å². The first-order chi connectivity index (χ1) is 6.30. The number of rotatable bonds is 1. The van der Waals surface area contributed by atoms with E-state index in [1.807, 2.05) is 0 Å². The molecule has 0 unspecified atom stereocenters. The van der Waals surface area contributed by atoms with Gasteiger partial charge in [-0.3, -0.25) is 18.5 Å². The molecule has 0 N–H and O–H groups in total. The molecule has 0 aliphatic rings. The first-order valence-corrected chi connectivity index (χ1v) is 4.50. The van der Waals surface area contributed by atoms with Gasteiger partial charge in [0, 0.05) is 22.5 Å². The van der Waals surface area contributed by atoms with Crippen LogP contribution >= 0.6 is 0 Å². The summed E-state index contributed by atoms with van der Waals surface area (Å²) in [6.07, 6.45) is 0. The van der Waals surface area contributed by atoms with Crippen molar-refractivity contribution in [2.45, 2.75) is 0 Å². The van der Waals surface area contributed by atoms with Crippen molar-refractivity contribution in [3.05, 3.63) is 40.4 Å². The number of para-hydroxylation sites is 1. The summed E-state index contributed by atoms with van der Waals surface area (Å²) < 4.78 is 34.1. The number of nitro groups is 1. The topological polar surface area (TPSA) is 123 Å². The second-order valence-electron chi connectivity index (χ2n) is 2.00. The van der Waals surface area contributed by atoms with Gasteiger partial charge in [-0.2, -0.15) is 0 Å². The number of benzene rings is 1. The largest absolute Gasteiger partial charge is 1.00 e. The van der Waals surface area contributed by atoms with Gasteiger partial charge < -0.3 is 9.11 Å². The van der Waals surface area contributed by atoms with E-state index in [0.717, 1.165) is 0 Å². The Labute approximate surface area is 108 Å². The van der Waals surface area contributed by atoms with Crippen LogP contribution in [0.3, 0.4) is 0 Å². The van der Waals surface area contributed by atoms with Gasteiger partial charge >= 0.3 is 29.6 Å². The van der Waals surface area contributed by atoms with Crippen LogP contribution < -0.4 is 29.6 Å². The molecule has 0 saturated carbocycles. The van der Waals surface area contributed by atoms with Crippen molar-refractivity contribution in [3.63, 3.8) is 0 Å². The van der Waals surface area contributed by atoms with Gasteiger partial charge in [-0.1, -0.05) is 18.2 Å². The summed E-state index contributed by atoms with van der Waals surface area (Å²) >= 11 is 0. The zero-order chi connectivity index (χ0) is 11.2. The molecule has 0 atom stereocenters. The van der Waals surface area contributed by atoms with Crippen LogP contribution in [-0.2, 0) is 10.4 Å². The Bertz CT molecular complexity index is 383. The SMILES string of the molecule is O=S(=O)([O-])[O-].O=[N+]([O-])c1ccccc1.[Na+]. The summed E-state index contributed by atoms with van der Waals surface area (Å²) in [7, 11) is -5.17. The Kier molecular flexibility index (Phi) is 8.72. The second kappa shape index (κ2) is 7.74. The zero-order valence-electron chi connectivity index (χ0n) is 7.69. The van der Waals surface area contributed by atoms with Gasteiger partial charge in [-0.05, 0) is 0 Å². The molecular formula is C6H5NNaO6S-. The fourth-order valence-corrected chi connectivity index (χ4v) is 0.550. The number of hydrogen-bond donors (Lipinski definition) is 0. The first-order valence-electron chi connectivity index (χ1n) is 3.17. The van der Waals surface area contributed by atoms with Crippen LogP contribution in [0, 0.1) is 10.1 Å². The summed E-state index contributed by atoms with van der Waals surface area (Å²) in [4.78, 5) is 9.59. The van der Waals surface area contributed by atoms with E-state index in [2.05, 4.69) is 0 Å². The Hall–Kier alpha value is -0.510. The summed E-state index contributed by atoms with van der Waals surface area (Å²) in [5.41, 5.74) is 0.137. The Morgan fingerprint density at radius 1 is 1.07 bits per heavy atom. The summed E-state index contributed by atoms with van der Waals surface area (Å²) in [6, 6.07) is 7.93. The van der Waals surface area contributed by atoms with Gasteiger partial charge in [-0.15, -0.1) is 0 Å². The minimum Gasteiger partial charge on any atom is -0.759 e. The summed E-state index contributed by atoms with van der Waals surface area (Å²) in [6.45, 7) is 0. The Balaban J connectivity index is 0. The fourth-order valence-electron chi connectivity index (χ4n) is 0.550. The third kappa shape index (κ3) is 13.5. The molecule has 1 aromatic carbocycles. The predicted molar refractivity (Wildman–Crippen MR) is 43.6 cm³/mol. The number of nitrogens with zero attached hydrogens (tertiary/aromatic N) is 1. The van der Waals surface area contributed by atoms with Crippen molar-refractivity contribution in [1.82, 2.24) is 0 Å². The van der Waals surface area contributed by atoms with Gasteiger partial charge in [0.2, 0.25) is 0 Å². The van der Waals surface area contributed by atoms with E-state index in [1.165, 1.54) is 12.1 Å². The molecule has 0 bridgehead atoms. The molecule has 0 aromatic heterocycles. The normalized spacial score (nSPS) is 9.20. The maximum Gasteiger partial charge on any atom is 1.00 e. The van der Waals surface area contributed by atoms with Crippen LogP contribution in [0.2, 0.25) is 0 Å². The third-order valence-corrected chi connectivity index (χ3v) is 0.967. The molecule has 0 aliphatic carbocycles. The standard InChI is InChI=1S/C6H5NO2.Na.H2O4S/c8-7(9)6-4-2-1-3-5-6;;1-5(2,3)4/h1-5H;;(H2,1,2,3,4)/q;+1;/p-2. The maximum absolute atomic E-state index is 10.0. The molecule has 9 heteroatoms. The molecule has 15 heavy (non-hydrogen) atoms. The number of non-ortho nitro benzene ring substituents is 1. The van der Waals surface area contributed by atoms with Crippen LogP contribution in [0.1, 0.15) is 0 Å². The molecule has 78 valence electrons. The van der Waals surface area contributed by atoms with Crippen LogP contribution in [0.25, 0.3) is 0 Å². The molecule has 0 fully saturated rings. The molecule has 0 amide bonds. The Morgan fingerprint density at radius 3 is 1.60 bits per heavy atom. The first kappa shape index (κ1) is 16.9. The molecule has 0 saturated heterocycles. The molecule has 0 spiro atoms. The molecular weight excluding hydrogens is 237 g/mol. The van der Waals surface area contributed by atoms with Gasteiger partial charge in [-0.25, -0.2) is 0 Å². The van der Waals surface area contributed by atoms with E-state index in [1.54, 1.807) is 18.2 Å². The van der Waals surface area contributed by atoms with E-state index in [9.17, 15) is 10.1 Å². The van der Waals surface area contributed by atoms with Gasteiger partial charge in [0.15, 0.2) is 0 Å². The van der Waals surface area contributed by atoms with Crippen LogP contribution in [0.15, 0.2) is 30.3 Å². The number of hydrogen-bond acceptors (Lipinski definition) is 6. The number of nitro benzene ring substituents is 1. The predicted octanol–water partition coefficient (Wildman–Crippen LogP) is -2.74. The van der Waals surface area contributed by atoms with Crippen molar-refractivity contribution in [2.24, 2.45) is 0 Å². The summed E-state index contributed by atoms with van der Waals surface area (Å²) in [5.74, 6) is 0. The van der Waals surface area contributed by atoms with Crippen molar-refractivity contribution < 1.29 is 52.0 Å². The van der Waals surface area contributed by atoms with Gasteiger partial charge in [0.05, 0.1) is 4.92 Å². The molecule has 7 nitrogen and oxygen atoms in total. The summed E-state index contributed by atoms with van der Waals surface area (Å²) in [5, 5.41) is 10.0. The Morgan fingerprint density at radius 2 is 1.40 bits per heavy atom. The second-order valence-corrected chi connectivity index (χ2v) is 2.82. The van der Waals surface area contributed by atoms with E-state index >= 15 is 0 Å². The van der Waals surface area contributed by atoms with Crippen molar-refractivity contribution >= 4 is 16.1 Å². The molecule has 0 radical (unpaired) electrons. The third-order valence-electron chi connectivity index (χ3n) is 0.967. The maximum atomic E-state index is 10.0. The molecule has 0 aliphatic heterocycles. The van der Waals surface area contributed by atoms with E-state index in [-0.39, 0.29) is 35.2 Å². The molecule has 1 aromatic rings. The minimum absolute atomic E-state index is 0. The van der Waals surface area contributed by atoms with E-state index < -0.39 is 15.3 Å². The molecule has 0 heterocycles. The quantitative estimate of drug-likeness (QED) is 0.173. The van der Waals surface area contributed by atoms with Crippen molar-refractivity contribution in [2.75, 3.05) is 0 Å². The van der Waals surface area contributed by atoms with Crippen LogP contribution in [0.5, 0.6) is 0 Å². The van der Waals surface area contributed by atoms with Gasteiger partial charge in [0.1, 0.15) is 0 Å². The monoisotopic (exact) mass is 242 g/mol. The van der Waals surface area contributed by atoms with Crippen LogP contribution in [0.4, 0.5) is 5.69 Å². The van der Waals surface area contributed by atoms with Crippen molar-refractivity contribution in [3.8, 4) is 0 Å². The van der Waals surface area contributed by atoms with Gasteiger partial charge in [0.25, 0.3) is 5.69 Å². The average molecular weight is 242 g/mol. The molecule has 1 rings (SSSR count). The minimum atomic E-state index is -5.17.